The molecule has 0 aliphatic rings. The molecule has 104 valence electrons. The van der Waals surface area contributed by atoms with Crippen LogP contribution in [0.5, 0.6) is 0 Å². The van der Waals surface area contributed by atoms with E-state index in [-0.39, 0.29) is 21.8 Å². The molecule has 0 radical (unpaired) electrons. The number of nitrogens with zero attached hydrogens (tertiary/aromatic N) is 2. The second kappa shape index (κ2) is 6.92. The first-order chi connectivity index (χ1) is 9.61. The van der Waals surface area contributed by atoms with Crippen molar-refractivity contribution in [2.24, 2.45) is 0 Å². The fraction of sp³-hybridized carbons (Fsp3) is 0.154. The van der Waals surface area contributed by atoms with Gasteiger partial charge in [0, 0.05) is 4.90 Å². The number of para-hydroxylation sites is 1. The number of rotatable bonds is 4. The average Bonchev–Trinajstić information content (AvgIpc) is 2.44. The van der Waals surface area contributed by atoms with Gasteiger partial charge < -0.3 is 5.32 Å². The Hall–Kier alpha value is -1.30. The Bertz CT molecular complexity index is 637. The number of halogens is 2. The second-order valence-corrected chi connectivity index (χ2v) is 5.81. The molecule has 0 bridgehead atoms. The molecule has 0 atom stereocenters. The van der Waals surface area contributed by atoms with Crippen molar-refractivity contribution in [2.75, 3.05) is 11.1 Å². The number of amides is 1. The molecule has 0 saturated carbocycles. The lowest BCUT2D eigenvalue weighted by Crippen LogP contribution is -2.14. The summed E-state index contributed by atoms with van der Waals surface area (Å²) in [6.45, 7) is 2.05. The van der Waals surface area contributed by atoms with Crippen LogP contribution in [0.1, 0.15) is 17.3 Å². The molecule has 2 rings (SSSR count). The minimum absolute atomic E-state index is 0.0209. The van der Waals surface area contributed by atoms with E-state index in [2.05, 4.69) is 15.5 Å². The van der Waals surface area contributed by atoms with Gasteiger partial charge >= 0.3 is 0 Å². The van der Waals surface area contributed by atoms with Crippen LogP contribution in [0.3, 0.4) is 0 Å². The number of thioether (sulfide) groups is 1. The molecule has 0 aliphatic heterocycles. The molecule has 2 aromatic rings. The predicted octanol–water partition coefficient (Wildman–Crippen LogP) is 4.15. The molecule has 20 heavy (non-hydrogen) atoms. The molecule has 1 N–H and O–H groups in total. The largest absolute Gasteiger partial charge is 0.321 e. The van der Waals surface area contributed by atoms with Gasteiger partial charge in [-0.05, 0) is 24.0 Å². The molecule has 0 saturated heterocycles. The molecule has 1 amide bonds. The van der Waals surface area contributed by atoms with E-state index in [9.17, 15) is 4.79 Å². The van der Waals surface area contributed by atoms with Crippen LogP contribution in [-0.2, 0) is 0 Å². The van der Waals surface area contributed by atoms with Gasteiger partial charge in [-0.2, -0.15) is 0 Å². The number of nitrogens with one attached hydrogen (secondary N) is 1. The summed E-state index contributed by atoms with van der Waals surface area (Å²) < 4.78 is 0. The van der Waals surface area contributed by atoms with Crippen LogP contribution in [0.25, 0.3) is 0 Å². The highest BCUT2D eigenvalue weighted by atomic mass is 35.5. The van der Waals surface area contributed by atoms with E-state index in [0.717, 1.165) is 16.3 Å². The molecule has 0 unspecified atom stereocenters. The maximum absolute atomic E-state index is 12.2. The Labute approximate surface area is 130 Å². The average molecular weight is 328 g/mol. The first-order valence-corrected chi connectivity index (χ1v) is 7.58. The lowest BCUT2D eigenvalue weighted by molar-refractivity contribution is 0.102. The third-order valence-electron chi connectivity index (χ3n) is 2.40. The van der Waals surface area contributed by atoms with Crippen LogP contribution in [0.2, 0.25) is 10.3 Å². The number of benzene rings is 1. The predicted molar refractivity (Wildman–Crippen MR) is 82.8 cm³/mol. The number of aromatic nitrogens is 2. The van der Waals surface area contributed by atoms with Crippen molar-refractivity contribution in [3.05, 3.63) is 46.2 Å². The summed E-state index contributed by atoms with van der Waals surface area (Å²) in [5, 5.41) is 10.1. The molecular weight excluding hydrogens is 317 g/mol. The normalized spacial score (nSPS) is 10.3. The zero-order valence-electron chi connectivity index (χ0n) is 10.6. The first-order valence-electron chi connectivity index (χ1n) is 5.83. The van der Waals surface area contributed by atoms with Gasteiger partial charge in [-0.25, -0.2) is 0 Å². The van der Waals surface area contributed by atoms with E-state index in [4.69, 9.17) is 23.2 Å². The Balaban J connectivity index is 2.26. The summed E-state index contributed by atoms with van der Waals surface area (Å²) in [4.78, 5) is 13.2. The topological polar surface area (TPSA) is 54.9 Å². The number of carbonyl (C=O) groups is 1. The number of anilines is 1. The van der Waals surface area contributed by atoms with Gasteiger partial charge in [0.2, 0.25) is 0 Å². The highest BCUT2D eigenvalue weighted by Gasteiger charge is 2.14. The highest BCUT2D eigenvalue weighted by molar-refractivity contribution is 7.99. The van der Waals surface area contributed by atoms with Gasteiger partial charge in [-0.15, -0.1) is 22.0 Å². The molecule has 7 heteroatoms. The van der Waals surface area contributed by atoms with E-state index in [0.29, 0.717) is 0 Å². The molecule has 4 nitrogen and oxygen atoms in total. The van der Waals surface area contributed by atoms with Crippen molar-refractivity contribution >= 4 is 46.6 Å². The SMILES string of the molecule is CCSc1ccccc1NC(=O)c1cc(Cl)nnc1Cl. The molecule has 0 aliphatic carbocycles. The fourth-order valence-electron chi connectivity index (χ4n) is 1.55. The maximum Gasteiger partial charge on any atom is 0.259 e. The van der Waals surface area contributed by atoms with Gasteiger partial charge in [0.05, 0.1) is 11.3 Å². The molecule has 1 aromatic carbocycles. The van der Waals surface area contributed by atoms with Gasteiger partial charge in [-0.1, -0.05) is 42.3 Å². The van der Waals surface area contributed by atoms with Crippen molar-refractivity contribution in [3.63, 3.8) is 0 Å². The third kappa shape index (κ3) is 3.62. The van der Waals surface area contributed by atoms with Crippen LogP contribution in [0.15, 0.2) is 35.2 Å². The van der Waals surface area contributed by atoms with E-state index in [1.165, 1.54) is 6.07 Å². The summed E-state index contributed by atoms with van der Waals surface area (Å²) in [5.41, 5.74) is 0.927. The standard InChI is InChI=1S/C13H11Cl2N3OS/c1-2-20-10-6-4-3-5-9(10)16-13(19)8-7-11(14)17-18-12(8)15/h3-7H,2H2,1H3,(H,16,19). The van der Waals surface area contributed by atoms with Crippen LogP contribution in [0, 0.1) is 0 Å². The first kappa shape index (κ1) is 15.1. The Morgan fingerprint density at radius 2 is 2.05 bits per heavy atom. The van der Waals surface area contributed by atoms with Gasteiger partial charge in [0.15, 0.2) is 10.3 Å². The minimum Gasteiger partial charge on any atom is -0.321 e. The smallest absolute Gasteiger partial charge is 0.259 e. The summed E-state index contributed by atoms with van der Waals surface area (Å²) in [7, 11) is 0. The van der Waals surface area contributed by atoms with Crippen molar-refractivity contribution in [2.45, 2.75) is 11.8 Å². The summed E-state index contributed by atoms with van der Waals surface area (Å²) in [6, 6.07) is 8.95. The quantitative estimate of drug-likeness (QED) is 0.857. The maximum atomic E-state index is 12.2. The lowest BCUT2D eigenvalue weighted by Gasteiger charge is -2.10. The Kier molecular flexibility index (Phi) is 5.23. The van der Waals surface area contributed by atoms with Crippen LogP contribution in [0.4, 0.5) is 5.69 Å². The fourth-order valence-corrected chi connectivity index (χ4v) is 2.64. The zero-order valence-corrected chi connectivity index (χ0v) is 12.9. The van der Waals surface area contributed by atoms with Crippen LogP contribution >= 0.6 is 35.0 Å². The molecule has 0 fully saturated rings. The number of hydrogen-bond acceptors (Lipinski definition) is 4. The molecule has 1 aromatic heterocycles. The van der Waals surface area contributed by atoms with Crippen LogP contribution in [-0.4, -0.2) is 21.9 Å². The monoisotopic (exact) mass is 327 g/mol. The number of carbonyl (C=O) groups excluding carboxylic acids is 1. The summed E-state index contributed by atoms with van der Waals surface area (Å²) in [6.07, 6.45) is 0. The van der Waals surface area contributed by atoms with E-state index in [1.54, 1.807) is 11.8 Å². The summed E-state index contributed by atoms with van der Waals surface area (Å²) >= 11 is 13.2. The molecule has 0 spiro atoms. The van der Waals surface area contributed by atoms with Gasteiger partial charge in [-0.3, -0.25) is 4.79 Å². The Morgan fingerprint density at radius 1 is 1.30 bits per heavy atom. The van der Waals surface area contributed by atoms with Gasteiger partial charge in [0.1, 0.15) is 0 Å². The van der Waals surface area contributed by atoms with Crippen molar-refractivity contribution in [3.8, 4) is 0 Å². The van der Waals surface area contributed by atoms with Gasteiger partial charge in [0.25, 0.3) is 5.91 Å². The minimum atomic E-state index is -0.365. The highest BCUT2D eigenvalue weighted by Crippen LogP contribution is 2.27. The van der Waals surface area contributed by atoms with Crippen molar-refractivity contribution in [1.82, 2.24) is 10.2 Å². The molecule has 1 heterocycles. The summed E-state index contributed by atoms with van der Waals surface area (Å²) in [5.74, 6) is 0.548. The molecular formula is C13H11Cl2N3OS. The van der Waals surface area contributed by atoms with Crippen LogP contribution < -0.4 is 5.32 Å². The lowest BCUT2D eigenvalue weighted by atomic mass is 10.2. The van der Waals surface area contributed by atoms with Crippen molar-refractivity contribution in [1.29, 1.82) is 0 Å². The Morgan fingerprint density at radius 3 is 2.80 bits per heavy atom. The third-order valence-corrected chi connectivity index (χ3v) is 3.82. The zero-order chi connectivity index (χ0) is 14.5. The van der Waals surface area contributed by atoms with E-state index >= 15 is 0 Å². The number of hydrogen-bond donors (Lipinski definition) is 1. The van der Waals surface area contributed by atoms with E-state index in [1.807, 2.05) is 31.2 Å². The van der Waals surface area contributed by atoms with Crippen molar-refractivity contribution < 1.29 is 4.79 Å². The van der Waals surface area contributed by atoms with E-state index < -0.39 is 0 Å². The second-order valence-electron chi connectivity index (χ2n) is 3.75.